The number of urea groups is 1. The van der Waals surface area contributed by atoms with Crippen molar-refractivity contribution in [2.75, 3.05) is 70.0 Å². The van der Waals surface area contributed by atoms with Crippen LogP contribution in [0.3, 0.4) is 0 Å². The number of nitrogens with two attached hydrogens (primary N) is 2. The van der Waals surface area contributed by atoms with E-state index in [1.807, 2.05) is 111 Å². The number of primary amides is 1. The highest BCUT2D eigenvalue weighted by molar-refractivity contribution is 6.12. The number of carbonyl (C=O) groups is 7. The molecule has 8 aromatic rings. The van der Waals surface area contributed by atoms with Crippen LogP contribution in [0.1, 0.15) is 126 Å². The molecule has 7 N–H and O–H groups in total. The van der Waals surface area contributed by atoms with Gasteiger partial charge in [-0.1, -0.05) is 143 Å². The molecule has 0 saturated carbocycles. The number of ether oxygens (including phenoxy) is 5. The molecule has 6 aromatic carbocycles. The molecule has 2 atom stereocenters. The Balaban J connectivity index is 0.00000607. The second-order valence-corrected chi connectivity index (χ2v) is 24.4. The number of para-hydroxylation sites is 1. The lowest BCUT2D eigenvalue weighted by atomic mass is 9.88. The third-order valence-corrected chi connectivity index (χ3v) is 17.2. The first-order valence-electron chi connectivity index (χ1n) is 34.2. The molecule has 0 bridgehead atoms. The van der Waals surface area contributed by atoms with Gasteiger partial charge in [-0.15, -0.1) is 0 Å². The van der Waals surface area contributed by atoms with E-state index in [0.717, 1.165) is 72.1 Å². The maximum absolute atomic E-state index is 13.9. The number of anilines is 2. The molecular formula is C76H94N10O12. The van der Waals surface area contributed by atoms with Crippen molar-refractivity contribution in [2.45, 2.75) is 137 Å². The van der Waals surface area contributed by atoms with E-state index in [0.29, 0.717) is 102 Å². The Morgan fingerprint density at radius 2 is 1.28 bits per heavy atom. The van der Waals surface area contributed by atoms with Gasteiger partial charge in [-0.2, -0.15) is 20.5 Å². The van der Waals surface area contributed by atoms with Crippen LogP contribution in [0.25, 0.3) is 44.2 Å². The Hall–Kier alpha value is -9.48. The number of aromatic nitrogens is 5. The second-order valence-electron chi connectivity index (χ2n) is 24.4. The van der Waals surface area contributed by atoms with Crippen molar-refractivity contribution in [1.82, 2.24) is 35.8 Å². The van der Waals surface area contributed by atoms with Gasteiger partial charge in [0.1, 0.15) is 35.1 Å². The van der Waals surface area contributed by atoms with Crippen LogP contribution in [0, 0.1) is 11.8 Å². The number of ketones is 3. The highest BCUT2D eigenvalue weighted by Crippen LogP contribution is 2.40. The van der Waals surface area contributed by atoms with E-state index in [1.165, 1.54) is 0 Å². The molecule has 22 heteroatoms. The summed E-state index contributed by atoms with van der Waals surface area (Å²) in [7, 11) is 0. The van der Waals surface area contributed by atoms with Gasteiger partial charge in [-0.3, -0.25) is 33.4 Å². The number of carbonyl (C=O) groups excluding carboxylic acids is 7. The topological polar surface area (TPSA) is 304 Å². The summed E-state index contributed by atoms with van der Waals surface area (Å²) in [6.45, 7) is 13.6. The van der Waals surface area contributed by atoms with E-state index in [4.69, 9.17) is 40.3 Å². The van der Waals surface area contributed by atoms with Gasteiger partial charge < -0.3 is 50.7 Å². The van der Waals surface area contributed by atoms with E-state index in [-0.39, 0.29) is 106 Å². The smallest absolute Gasteiger partial charge is 0.312 e. The number of nitrogens with zero attached hydrogens (tertiary/aromatic N) is 5. The first-order chi connectivity index (χ1) is 47.6. The van der Waals surface area contributed by atoms with Crippen molar-refractivity contribution >= 4 is 74.2 Å². The summed E-state index contributed by atoms with van der Waals surface area (Å²) >= 11 is 0. The Kier molecular flexibility index (Phi) is 29.2. The van der Waals surface area contributed by atoms with E-state index in [2.05, 4.69) is 57.2 Å². The number of esters is 1. The fraction of sp³-hybridized carbons (Fsp3) is 0.421. The van der Waals surface area contributed by atoms with Crippen molar-refractivity contribution in [3.63, 3.8) is 0 Å². The molecule has 0 saturated heterocycles. The molecule has 4 amide bonds. The number of aromatic amines is 1. The number of H-pyrrole nitrogens is 1. The summed E-state index contributed by atoms with van der Waals surface area (Å²) in [6, 6.07) is 39.5. The number of amides is 4. The number of aryl methyl sites for hydroxylation is 2. The fourth-order valence-corrected chi connectivity index (χ4v) is 11.9. The van der Waals surface area contributed by atoms with Gasteiger partial charge in [0.15, 0.2) is 5.78 Å². The summed E-state index contributed by atoms with van der Waals surface area (Å²) in [5, 5.41) is 25.1. The minimum Gasteiger partial charge on any atom is -0.461 e. The maximum Gasteiger partial charge on any atom is 0.312 e. The SMILES string of the molecule is CC.CCn1nc2c(N)cc3ccccc3c2c1Cc1ccc(CCC(=O)OCc2ccc(CC(=O)[C@H](CCCNC(N)=O)NC(=O)[C@@H](CC(=O)CCOCCOCCOCCOCCCC(=O)CCC(=O)N3Cc4ccccc4-c4n[nH]nc4-c4ccccc43)C(C)C)cc2)cc1. The molecule has 9 rings (SSSR count). The van der Waals surface area contributed by atoms with Crippen LogP contribution in [0.2, 0.25) is 0 Å². The number of hydrogen-bond donors (Lipinski definition) is 5. The minimum atomic E-state index is -0.895. The highest BCUT2D eigenvalue weighted by atomic mass is 16.6. The molecule has 0 unspecified atom stereocenters. The first kappa shape index (κ1) is 74.3. The van der Waals surface area contributed by atoms with Crippen molar-refractivity contribution in [2.24, 2.45) is 17.6 Å². The average Bonchev–Trinajstić information content (AvgIpc) is 1.56. The molecule has 0 fully saturated rings. The molecule has 0 aliphatic carbocycles. The van der Waals surface area contributed by atoms with Crippen LogP contribution >= 0.6 is 0 Å². The van der Waals surface area contributed by atoms with Gasteiger partial charge >= 0.3 is 12.0 Å². The summed E-state index contributed by atoms with van der Waals surface area (Å²) < 4.78 is 30.2. The number of nitrogen functional groups attached to an aromatic ring is 1. The second kappa shape index (κ2) is 38.5. The molecule has 1 aliphatic heterocycles. The van der Waals surface area contributed by atoms with Gasteiger partial charge in [-0.25, -0.2) is 4.79 Å². The lowest BCUT2D eigenvalue weighted by Gasteiger charge is -2.28. The van der Waals surface area contributed by atoms with E-state index in [9.17, 15) is 33.6 Å². The monoisotopic (exact) mass is 1340 g/mol. The molecular weight excluding hydrogens is 1240 g/mol. The molecule has 0 radical (unpaired) electrons. The standard InChI is InChI=1S/C74H88N10O12.C2H6/c1-4-84-65(69-58-16-7-5-13-54(58)45-62(75)72(69)81-84)43-51-23-21-50(22-24-51)29-32-68(89)96-48-53-27-25-52(26-28-53)44-66(87)63(19-11-34-77-74(76)91)78-73(90)61(49(2)3)46-57(86)33-36-93-38-40-95-42-41-94-39-37-92-35-12-15-56(85)30-31-67(88)83-47-55-14-6-8-17-59(55)70-71(80-82-79-70)60-18-9-10-20-64(60)83;1-2/h5-10,13-14,16-18,20-28,45,49,61,63H,4,11-12,15,19,29-44,46-48,75H2,1-3H3,(H,78,90)(H3,76,77,91)(H,79,80,82);1-2H3/t61-,63-;/m0./s1. The summed E-state index contributed by atoms with van der Waals surface area (Å²) in [5.74, 6) is -2.21. The van der Waals surface area contributed by atoms with Gasteiger partial charge in [0, 0.05) is 93.5 Å². The highest BCUT2D eigenvalue weighted by Gasteiger charge is 2.31. The normalized spacial score (nSPS) is 12.3. The van der Waals surface area contributed by atoms with Gasteiger partial charge in [-0.05, 0) is 89.2 Å². The number of rotatable bonds is 39. The Morgan fingerprint density at radius 1 is 0.653 bits per heavy atom. The van der Waals surface area contributed by atoms with E-state index >= 15 is 0 Å². The third-order valence-electron chi connectivity index (χ3n) is 17.2. The number of fused-ring (bicyclic) bond motifs is 8. The fourth-order valence-electron chi connectivity index (χ4n) is 11.9. The van der Waals surface area contributed by atoms with Crippen molar-refractivity contribution in [3.8, 4) is 22.5 Å². The van der Waals surface area contributed by atoms with E-state index < -0.39 is 23.9 Å². The van der Waals surface area contributed by atoms with Crippen LogP contribution in [0.5, 0.6) is 0 Å². The molecule has 22 nitrogen and oxygen atoms in total. The predicted octanol–water partition coefficient (Wildman–Crippen LogP) is 10.9. The van der Waals surface area contributed by atoms with Gasteiger partial charge in [0.2, 0.25) is 11.8 Å². The zero-order valence-corrected chi connectivity index (χ0v) is 57.1. The van der Waals surface area contributed by atoms with Crippen molar-refractivity contribution < 1.29 is 57.2 Å². The number of benzene rings is 6. The van der Waals surface area contributed by atoms with Crippen LogP contribution in [-0.2, 0) is 91.4 Å². The van der Waals surface area contributed by atoms with Crippen LogP contribution < -0.4 is 27.0 Å². The maximum atomic E-state index is 13.9. The lowest BCUT2D eigenvalue weighted by Crippen LogP contribution is -2.46. The Labute approximate surface area is 573 Å². The average molecular weight is 1340 g/mol. The molecule has 520 valence electrons. The lowest BCUT2D eigenvalue weighted by molar-refractivity contribution is -0.145. The molecule has 98 heavy (non-hydrogen) atoms. The zero-order valence-electron chi connectivity index (χ0n) is 57.1. The van der Waals surface area contributed by atoms with Crippen LogP contribution in [-0.4, -0.2) is 132 Å². The number of hydrogen-bond acceptors (Lipinski definition) is 16. The number of nitrogens with one attached hydrogen (secondary N) is 3. The van der Waals surface area contributed by atoms with Gasteiger partial charge in [0.25, 0.3) is 0 Å². The van der Waals surface area contributed by atoms with Crippen molar-refractivity contribution in [3.05, 3.63) is 161 Å². The zero-order chi connectivity index (χ0) is 69.8. The van der Waals surface area contributed by atoms with Crippen LogP contribution in [0.4, 0.5) is 16.2 Å². The third kappa shape index (κ3) is 21.5. The van der Waals surface area contributed by atoms with E-state index in [1.54, 1.807) is 29.2 Å². The summed E-state index contributed by atoms with van der Waals surface area (Å²) in [5.41, 5.74) is 22.6. The number of Topliss-reactive ketones (excluding diaryl/α,β-unsaturated/α-hetero) is 3. The van der Waals surface area contributed by atoms with Gasteiger partial charge in [0.05, 0.1) is 75.9 Å². The predicted molar refractivity (Wildman–Crippen MR) is 378 cm³/mol. The first-order valence-corrected chi connectivity index (χ1v) is 34.2. The minimum absolute atomic E-state index is 0.00628. The molecule has 2 aromatic heterocycles. The molecule has 1 aliphatic rings. The summed E-state index contributed by atoms with van der Waals surface area (Å²) in [6.07, 6.45) is 3.10. The summed E-state index contributed by atoms with van der Waals surface area (Å²) in [4.78, 5) is 93.5. The molecule has 0 spiro atoms. The Morgan fingerprint density at radius 3 is 1.98 bits per heavy atom. The quantitative estimate of drug-likeness (QED) is 0.0136. The van der Waals surface area contributed by atoms with Crippen LogP contribution in [0.15, 0.2) is 127 Å². The van der Waals surface area contributed by atoms with Crippen molar-refractivity contribution in [1.29, 1.82) is 0 Å². The molecule has 3 heterocycles. The Bertz CT molecular complexity index is 3940. The largest absolute Gasteiger partial charge is 0.461 e.